The van der Waals surface area contributed by atoms with Gasteiger partial charge in [-0.15, -0.1) is 0 Å². The van der Waals surface area contributed by atoms with Crippen molar-refractivity contribution >= 4 is 5.91 Å². The number of nitrogens with one attached hydrogen (secondary N) is 1. The van der Waals surface area contributed by atoms with Crippen LogP contribution >= 0.6 is 0 Å². The SMILES string of the molecule is CCc1c(C(=O)NCc2cnn(Cc3ccccc3)c2)cnn1Cc1ccccc1. The molecule has 0 aliphatic heterocycles. The molecule has 4 aromatic rings. The van der Waals surface area contributed by atoms with Gasteiger partial charge in [0.1, 0.15) is 0 Å². The predicted molar refractivity (Wildman–Crippen MR) is 116 cm³/mol. The monoisotopic (exact) mass is 399 g/mol. The summed E-state index contributed by atoms with van der Waals surface area (Å²) in [6.07, 6.45) is 6.16. The predicted octanol–water partition coefficient (Wildman–Crippen LogP) is 3.67. The maximum atomic E-state index is 12.8. The molecule has 0 spiro atoms. The normalized spacial score (nSPS) is 10.8. The number of carbonyl (C=O) groups excluding carboxylic acids is 1. The number of aromatic nitrogens is 4. The topological polar surface area (TPSA) is 64.7 Å². The van der Waals surface area contributed by atoms with Crippen molar-refractivity contribution in [3.05, 3.63) is 107 Å². The third kappa shape index (κ3) is 4.66. The van der Waals surface area contributed by atoms with Crippen LogP contribution in [0.1, 0.15) is 39.7 Å². The van der Waals surface area contributed by atoms with E-state index in [4.69, 9.17) is 0 Å². The quantitative estimate of drug-likeness (QED) is 0.492. The largest absolute Gasteiger partial charge is 0.348 e. The van der Waals surface area contributed by atoms with Crippen molar-refractivity contribution in [2.75, 3.05) is 0 Å². The van der Waals surface area contributed by atoms with Crippen molar-refractivity contribution in [2.45, 2.75) is 33.0 Å². The first kappa shape index (κ1) is 19.6. The molecule has 2 aromatic carbocycles. The Balaban J connectivity index is 1.38. The first-order chi connectivity index (χ1) is 14.7. The molecule has 1 amide bonds. The minimum atomic E-state index is -0.109. The van der Waals surface area contributed by atoms with Gasteiger partial charge in [0.25, 0.3) is 5.91 Å². The number of rotatable bonds is 8. The average molecular weight is 399 g/mol. The maximum absolute atomic E-state index is 12.8. The number of benzene rings is 2. The summed E-state index contributed by atoms with van der Waals surface area (Å²) in [5, 5.41) is 11.8. The van der Waals surface area contributed by atoms with Gasteiger partial charge < -0.3 is 5.32 Å². The van der Waals surface area contributed by atoms with Crippen molar-refractivity contribution < 1.29 is 4.79 Å². The van der Waals surface area contributed by atoms with Gasteiger partial charge >= 0.3 is 0 Å². The first-order valence-corrected chi connectivity index (χ1v) is 10.1. The minimum absolute atomic E-state index is 0.109. The lowest BCUT2D eigenvalue weighted by Gasteiger charge is -2.08. The van der Waals surface area contributed by atoms with Gasteiger partial charge in [-0.05, 0) is 17.5 Å². The van der Waals surface area contributed by atoms with Gasteiger partial charge in [0.15, 0.2) is 0 Å². The lowest BCUT2D eigenvalue weighted by molar-refractivity contribution is 0.0950. The van der Waals surface area contributed by atoms with Gasteiger partial charge in [-0.2, -0.15) is 10.2 Å². The summed E-state index contributed by atoms with van der Waals surface area (Å²) in [6.45, 7) is 3.84. The zero-order valence-electron chi connectivity index (χ0n) is 17.0. The molecule has 0 aliphatic rings. The Morgan fingerprint density at radius 2 is 1.53 bits per heavy atom. The van der Waals surface area contributed by atoms with Crippen molar-refractivity contribution in [1.82, 2.24) is 24.9 Å². The van der Waals surface area contributed by atoms with Gasteiger partial charge in [0.2, 0.25) is 0 Å². The van der Waals surface area contributed by atoms with E-state index in [0.717, 1.165) is 23.2 Å². The molecule has 4 rings (SSSR count). The number of amides is 1. The second kappa shape index (κ2) is 9.22. The van der Waals surface area contributed by atoms with Crippen LogP contribution in [0.2, 0.25) is 0 Å². The standard InChI is InChI=1S/C24H25N5O/c1-2-23-22(15-27-29(23)18-20-11-7-4-8-12-20)24(30)25-13-21-14-26-28(17-21)16-19-9-5-3-6-10-19/h3-12,14-15,17H,2,13,16,18H2,1H3,(H,25,30). The number of hydrogen-bond donors (Lipinski definition) is 1. The van der Waals surface area contributed by atoms with Gasteiger partial charge in [0, 0.05) is 18.3 Å². The van der Waals surface area contributed by atoms with Gasteiger partial charge in [-0.25, -0.2) is 0 Å². The van der Waals surface area contributed by atoms with Crippen LogP contribution < -0.4 is 5.32 Å². The molecule has 0 atom stereocenters. The summed E-state index contributed by atoms with van der Waals surface area (Å²) in [7, 11) is 0. The molecule has 1 N–H and O–H groups in total. The third-order valence-corrected chi connectivity index (χ3v) is 5.03. The van der Waals surface area contributed by atoms with Crippen molar-refractivity contribution in [3.8, 4) is 0 Å². The molecule has 0 saturated heterocycles. The van der Waals surface area contributed by atoms with Gasteiger partial charge in [-0.3, -0.25) is 14.2 Å². The number of nitrogens with zero attached hydrogens (tertiary/aromatic N) is 4. The lowest BCUT2D eigenvalue weighted by atomic mass is 10.1. The highest BCUT2D eigenvalue weighted by Gasteiger charge is 2.16. The molecule has 0 fully saturated rings. The van der Waals surface area contributed by atoms with Gasteiger partial charge in [0.05, 0.1) is 36.7 Å². The zero-order valence-corrected chi connectivity index (χ0v) is 17.0. The summed E-state index contributed by atoms with van der Waals surface area (Å²) in [5.41, 5.74) is 4.89. The average Bonchev–Trinajstić information content (AvgIpc) is 3.40. The number of hydrogen-bond acceptors (Lipinski definition) is 3. The molecule has 0 bridgehead atoms. The van der Waals surface area contributed by atoms with Crippen molar-refractivity contribution in [1.29, 1.82) is 0 Å². The van der Waals surface area contributed by atoms with Crippen molar-refractivity contribution in [2.24, 2.45) is 0 Å². The van der Waals surface area contributed by atoms with E-state index in [1.807, 2.05) is 58.9 Å². The van der Waals surface area contributed by atoms with Crippen LogP contribution in [0, 0.1) is 0 Å². The minimum Gasteiger partial charge on any atom is -0.348 e. The summed E-state index contributed by atoms with van der Waals surface area (Å²) < 4.78 is 3.79. The number of carbonyl (C=O) groups is 1. The second-order valence-electron chi connectivity index (χ2n) is 7.22. The summed E-state index contributed by atoms with van der Waals surface area (Å²) >= 11 is 0. The lowest BCUT2D eigenvalue weighted by Crippen LogP contribution is -2.23. The molecule has 2 aromatic heterocycles. The van der Waals surface area contributed by atoms with E-state index in [1.165, 1.54) is 5.56 Å². The Labute approximate surface area is 176 Å². The molecule has 30 heavy (non-hydrogen) atoms. The van der Waals surface area contributed by atoms with Crippen LogP contribution in [-0.2, 0) is 26.1 Å². The first-order valence-electron chi connectivity index (χ1n) is 10.1. The molecular weight excluding hydrogens is 374 g/mol. The smallest absolute Gasteiger partial charge is 0.255 e. The summed E-state index contributed by atoms with van der Waals surface area (Å²) in [5.74, 6) is -0.109. The van der Waals surface area contributed by atoms with Crippen LogP contribution in [0.25, 0.3) is 0 Å². The van der Waals surface area contributed by atoms with Crippen molar-refractivity contribution in [3.63, 3.8) is 0 Å². The van der Waals surface area contributed by atoms with E-state index in [1.54, 1.807) is 12.4 Å². The Hall–Kier alpha value is -3.67. The second-order valence-corrected chi connectivity index (χ2v) is 7.22. The molecular formula is C24H25N5O. The highest BCUT2D eigenvalue weighted by molar-refractivity contribution is 5.95. The molecule has 0 saturated carbocycles. The summed E-state index contributed by atoms with van der Waals surface area (Å²) in [4.78, 5) is 12.8. The van der Waals surface area contributed by atoms with Crippen LogP contribution in [0.3, 0.4) is 0 Å². The highest BCUT2D eigenvalue weighted by Crippen LogP contribution is 2.13. The fourth-order valence-corrected chi connectivity index (χ4v) is 3.50. The summed E-state index contributed by atoms with van der Waals surface area (Å²) in [6, 6.07) is 20.3. The maximum Gasteiger partial charge on any atom is 0.255 e. The zero-order chi connectivity index (χ0) is 20.8. The van der Waals surface area contributed by atoms with Crippen LogP contribution in [0.15, 0.2) is 79.3 Å². The molecule has 0 aliphatic carbocycles. The van der Waals surface area contributed by atoms with E-state index >= 15 is 0 Å². The Kier molecular flexibility index (Phi) is 6.03. The van der Waals surface area contributed by atoms with E-state index < -0.39 is 0 Å². The van der Waals surface area contributed by atoms with E-state index in [-0.39, 0.29) is 5.91 Å². The molecule has 2 heterocycles. The van der Waals surface area contributed by atoms with E-state index in [0.29, 0.717) is 25.2 Å². The highest BCUT2D eigenvalue weighted by atomic mass is 16.1. The Morgan fingerprint density at radius 3 is 2.20 bits per heavy atom. The molecule has 6 heteroatoms. The Morgan fingerprint density at radius 1 is 0.867 bits per heavy atom. The molecule has 152 valence electrons. The van der Waals surface area contributed by atoms with Gasteiger partial charge in [-0.1, -0.05) is 67.6 Å². The van der Waals surface area contributed by atoms with Crippen LogP contribution in [-0.4, -0.2) is 25.5 Å². The molecule has 6 nitrogen and oxygen atoms in total. The fraction of sp³-hybridized carbons (Fsp3) is 0.208. The molecule has 0 radical (unpaired) electrons. The molecule has 0 unspecified atom stereocenters. The van der Waals surface area contributed by atoms with Crippen LogP contribution in [0.5, 0.6) is 0 Å². The van der Waals surface area contributed by atoms with E-state index in [9.17, 15) is 4.79 Å². The van der Waals surface area contributed by atoms with Crippen LogP contribution in [0.4, 0.5) is 0 Å². The van der Waals surface area contributed by atoms with E-state index in [2.05, 4.69) is 39.8 Å². The third-order valence-electron chi connectivity index (χ3n) is 5.03. The Bertz CT molecular complexity index is 1100. The fourth-order valence-electron chi connectivity index (χ4n) is 3.50.